The van der Waals surface area contributed by atoms with E-state index >= 15 is 0 Å². The van der Waals surface area contributed by atoms with Crippen LogP contribution in [0, 0.1) is 6.92 Å². The number of anilines is 1. The van der Waals surface area contributed by atoms with Crippen LogP contribution >= 0.6 is 0 Å². The molecular weight excluding hydrogens is 400 g/mol. The van der Waals surface area contributed by atoms with Gasteiger partial charge in [0, 0.05) is 12.0 Å². The van der Waals surface area contributed by atoms with Gasteiger partial charge in [-0.1, -0.05) is 50.2 Å². The van der Waals surface area contributed by atoms with E-state index < -0.39 is 10.0 Å². The number of amides is 1. The van der Waals surface area contributed by atoms with Crippen LogP contribution < -0.4 is 14.4 Å². The quantitative estimate of drug-likeness (QED) is 0.721. The molecule has 7 heteroatoms. The minimum atomic E-state index is -3.62. The number of para-hydroxylation sites is 2. The maximum atomic E-state index is 13.0. The zero-order valence-electron chi connectivity index (χ0n) is 18.0. The first-order chi connectivity index (χ1) is 14.2. The highest BCUT2D eigenvalue weighted by molar-refractivity contribution is 7.92. The molecule has 1 amide bonds. The van der Waals surface area contributed by atoms with Gasteiger partial charge in [0.1, 0.15) is 17.9 Å². The van der Waals surface area contributed by atoms with Crippen LogP contribution in [0.2, 0.25) is 0 Å². The number of hydrogen-bond acceptors (Lipinski definition) is 4. The Bertz CT molecular complexity index is 1020. The van der Waals surface area contributed by atoms with E-state index in [1.165, 1.54) is 0 Å². The topological polar surface area (TPSA) is 75.7 Å². The van der Waals surface area contributed by atoms with Crippen molar-refractivity contribution in [2.75, 3.05) is 17.1 Å². The lowest BCUT2D eigenvalue weighted by atomic mass is 9.83. The van der Waals surface area contributed by atoms with Crippen molar-refractivity contribution in [3.8, 4) is 5.75 Å². The number of carbonyl (C=O) groups excluding carboxylic acids is 1. The number of nitrogens with zero attached hydrogens (tertiary/aromatic N) is 1. The summed E-state index contributed by atoms with van der Waals surface area (Å²) >= 11 is 0. The molecule has 30 heavy (non-hydrogen) atoms. The molecule has 1 atom stereocenters. The molecular formula is C23H30N2O4S. The summed E-state index contributed by atoms with van der Waals surface area (Å²) < 4.78 is 32.3. The Kier molecular flexibility index (Phi) is 6.41. The lowest BCUT2D eigenvalue weighted by molar-refractivity contribution is -0.121. The monoisotopic (exact) mass is 430 g/mol. The van der Waals surface area contributed by atoms with Crippen molar-refractivity contribution in [2.24, 2.45) is 0 Å². The fourth-order valence-corrected chi connectivity index (χ4v) is 4.94. The van der Waals surface area contributed by atoms with Crippen LogP contribution in [0.4, 0.5) is 5.69 Å². The van der Waals surface area contributed by atoms with E-state index in [4.69, 9.17) is 4.74 Å². The van der Waals surface area contributed by atoms with E-state index in [2.05, 4.69) is 19.2 Å². The number of hydrogen-bond donors (Lipinski definition) is 1. The highest BCUT2D eigenvalue weighted by Crippen LogP contribution is 2.42. The molecule has 0 aromatic heterocycles. The molecule has 0 unspecified atom stereocenters. The van der Waals surface area contributed by atoms with Gasteiger partial charge in [0.2, 0.25) is 15.9 Å². The second-order valence-electron chi connectivity index (χ2n) is 7.91. The average molecular weight is 431 g/mol. The molecule has 1 aliphatic heterocycles. The SMILES string of the molecule is CCC1(CC)C[C@H](NC(=O)CN(c2ccccc2C)S(C)(=O)=O)c2ccccc2O1. The molecule has 162 valence electrons. The number of fused-ring (bicyclic) bond motifs is 1. The van der Waals surface area contributed by atoms with Crippen molar-refractivity contribution in [3.63, 3.8) is 0 Å². The van der Waals surface area contributed by atoms with Gasteiger partial charge in [-0.05, 0) is 37.5 Å². The summed E-state index contributed by atoms with van der Waals surface area (Å²) in [5, 5.41) is 3.07. The van der Waals surface area contributed by atoms with Gasteiger partial charge in [0.15, 0.2) is 0 Å². The normalized spacial score (nSPS) is 17.5. The van der Waals surface area contributed by atoms with Crippen molar-refractivity contribution < 1.29 is 17.9 Å². The molecule has 0 aliphatic carbocycles. The van der Waals surface area contributed by atoms with Gasteiger partial charge >= 0.3 is 0 Å². The standard InChI is InChI=1S/C23H30N2O4S/c1-5-23(6-2)15-19(18-12-8-10-14-21(18)29-23)24-22(26)16-25(30(4,27)28)20-13-9-7-11-17(20)3/h7-14,19H,5-6,15-16H2,1-4H3,(H,24,26)/t19-/m0/s1. The fourth-order valence-electron chi connectivity index (χ4n) is 4.02. The number of sulfonamides is 1. The number of nitrogens with one attached hydrogen (secondary N) is 1. The molecule has 0 fully saturated rings. The second kappa shape index (κ2) is 8.68. The van der Waals surface area contributed by atoms with Gasteiger partial charge in [0.05, 0.1) is 18.0 Å². The lowest BCUT2D eigenvalue weighted by Crippen LogP contribution is -2.47. The molecule has 2 aromatic rings. The van der Waals surface area contributed by atoms with Gasteiger partial charge in [-0.15, -0.1) is 0 Å². The zero-order valence-corrected chi connectivity index (χ0v) is 18.8. The summed E-state index contributed by atoms with van der Waals surface area (Å²) in [6, 6.07) is 14.6. The number of carbonyl (C=O) groups is 1. The first kappa shape index (κ1) is 22.2. The number of aryl methyl sites for hydroxylation is 1. The third-order valence-corrected chi connectivity index (χ3v) is 7.02. The molecule has 1 aliphatic rings. The zero-order chi connectivity index (χ0) is 21.9. The highest BCUT2D eigenvalue weighted by atomic mass is 32.2. The molecule has 3 rings (SSSR count). The minimum absolute atomic E-state index is 0.236. The summed E-state index contributed by atoms with van der Waals surface area (Å²) in [6.07, 6.45) is 3.41. The predicted molar refractivity (Wildman–Crippen MR) is 119 cm³/mol. The fraction of sp³-hybridized carbons (Fsp3) is 0.435. The molecule has 0 saturated heterocycles. The van der Waals surface area contributed by atoms with E-state index in [0.717, 1.165) is 40.3 Å². The van der Waals surface area contributed by atoms with Gasteiger partial charge in [-0.25, -0.2) is 8.42 Å². The largest absolute Gasteiger partial charge is 0.487 e. The van der Waals surface area contributed by atoms with Gasteiger partial charge in [0.25, 0.3) is 0 Å². The molecule has 6 nitrogen and oxygen atoms in total. The van der Waals surface area contributed by atoms with Crippen LogP contribution in [-0.2, 0) is 14.8 Å². The van der Waals surface area contributed by atoms with E-state index in [0.29, 0.717) is 12.1 Å². The van der Waals surface area contributed by atoms with Crippen LogP contribution in [0.3, 0.4) is 0 Å². The van der Waals surface area contributed by atoms with Crippen molar-refractivity contribution in [1.82, 2.24) is 5.32 Å². The first-order valence-electron chi connectivity index (χ1n) is 10.3. The molecule has 2 aromatic carbocycles. The van der Waals surface area contributed by atoms with E-state index in [9.17, 15) is 13.2 Å². The number of ether oxygens (including phenoxy) is 1. The first-order valence-corrected chi connectivity index (χ1v) is 12.1. The molecule has 0 spiro atoms. The second-order valence-corrected chi connectivity index (χ2v) is 9.82. The Morgan fingerprint density at radius 1 is 1.13 bits per heavy atom. The van der Waals surface area contributed by atoms with Gasteiger partial charge in [-0.3, -0.25) is 9.10 Å². The average Bonchev–Trinajstić information content (AvgIpc) is 2.71. The Hall–Kier alpha value is -2.54. The summed E-state index contributed by atoms with van der Waals surface area (Å²) in [5.41, 5.74) is 1.88. The highest BCUT2D eigenvalue weighted by Gasteiger charge is 2.39. The third-order valence-electron chi connectivity index (χ3n) is 5.89. The van der Waals surface area contributed by atoms with Crippen molar-refractivity contribution in [2.45, 2.75) is 51.7 Å². The predicted octanol–water partition coefficient (Wildman–Crippen LogP) is 3.96. The van der Waals surface area contributed by atoms with Crippen LogP contribution in [0.25, 0.3) is 0 Å². The molecule has 1 heterocycles. The molecule has 0 radical (unpaired) electrons. The summed E-state index contributed by atoms with van der Waals surface area (Å²) in [7, 11) is -3.62. The van der Waals surface area contributed by atoms with Gasteiger partial charge < -0.3 is 10.1 Å². The minimum Gasteiger partial charge on any atom is -0.487 e. The maximum Gasteiger partial charge on any atom is 0.241 e. The van der Waals surface area contributed by atoms with Crippen LogP contribution in [0.1, 0.15) is 50.3 Å². The van der Waals surface area contributed by atoms with Crippen LogP contribution in [0.15, 0.2) is 48.5 Å². The van der Waals surface area contributed by atoms with Crippen LogP contribution in [-0.4, -0.2) is 32.7 Å². The van der Waals surface area contributed by atoms with Crippen molar-refractivity contribution in [1.29, 1.82) is 0 Å². The Morgan fingerprint density at radius 2 is 1.77 bits per heavy atom. The van der Waals surface area contributed by atoms with Crippen LogP contribution in [0.5, 0.6) is 5.75 Å². The summed E-state index contributed by atoms with van der Waals surface area (Å²) in [6.45, 7) is 5.73. The molecule has 1 N–H and O–H groups in total. The molecule has 0 saturated carbocycles. The lowest BCUT2D eigenvalue weighted by Gasteiger charge is -2.41. The van der Waals surface area contributed by atoms with Crippen molar-refractivity contribution in [3.05, 3.63) is 59.7 Å². The Labute approximate surface area is 179 Å². The number of rotatable bonds is 7. The smallest absolute Gasteiger partial charge is 0.241 e. The van der Waals surface area contributed by atoms with E-state index in [1.54, 1.807) is 12.1 Å². The summed E-state index contributed by atoms with van der Waals surface area (Å²) in [4.78, 5) is 13.0. The number of benzene rings is 2. The Morgan fingerprint density at radius 3 is 2.40 bits per heavy atom. The summed E-state index contributed by atoms with van der Waals surface area (Å²) in [5.74, 6) is 0.433. The van der Waals surface area contributed by atoms with Crippen molar-refractivity contribution >= 4 is 21.6 Å². The Balaban J connectivity index is 1.86. The molecule has 0 bridgehead atoms. The van der Waals surface area contributed by atoms with E-state index in [1.807, 2.05) is 43.3 Å². The van der Waals surface area contributed by atoms with E-state index in [-0.39, 0.29) is 24.1 Å². The van der Waals surface area contributed by atoms with Gasteiger partial charge in [-0.2, -0.15) is 0 Å². The third kappa shape index (κ3) is 4.61. The maximum absolute atomic E-state index is 13.0.